The SMILES string of the molecule is O=C(O)C1=C2C=CNC(=O)C2N=C1. The van der Waals surface area contributed by atoms with Gasteiger partial charge in [-0.15, -0.1) is 0 Å². The number of carboxylic acids is 1. The van der Waals surface area contributed by atoms with E-state index in [1.807, 2.05) is 0 Å². The third kappa shape index (κ3) is 1.05. The van der Waals surface area contributed by atoms with Crippen LogP contribution < -0.4 is 5.32 Å². The maximum absolute atomic E-state index is 11.1. The summed E-state index contributed by atoms with van der Waals surface area (Å²) in [5, 5.41) is 11.2. The van der Waals surface area contributed by atoms with Crippen LogP contribution in [0.1, 0.15) is 0 Å². The van der Waals surface area contributed by atoms with E-state index in [-0.39, 0.29) is 11.5 Å². The molecule has 0 bridgehead atoms. The van der Waals surface area contributed by atoms with Crippen LogP contribution in [0.2, 0.25) is 0 Å². The lowest BCUT2D eigenvalue weighted by Gasteiger charge is -2.13. The van der Waals surface area contributed by atoms with E-state index >= 15 is 0 Å². The van der Waals surface area contributed by atoms with Crippen LogP contribution in [-0.2, 0) is 9.59 Å². The van der Waals surface area contributed by atoms with Gasteiger partial charge in [-0.2, -0.15) is 0 Å². The molecule has 0 saturated heterocycles. The fraction of sp³-hybridized carbons (Fsp3) is 0.125. The number of hydrogen-bond donors (Lipinski definition) is 2. The lowest BCUT2D eigenvalue weighted by atomic mass is 10.0. The Hall–Kier alpha value is -1.91. The molecule has 0 aromatic heterocycles. The third-order valence-electron chi connectivity index (χ3n) is 1.93. The highest BCUT2D eigenvalue weighted by Gasteiger charge is 2.31. The van der Waals surface area contributed by atoms with Crippen molar-refractivity contribution in [1.29, 1.82) is 0 Å². The molecule has 5 nitrogen and oxygen atoms in total. The van der Waals surface area contributed by atoms with Crippen LogP contribution in [0, 0.1) is 0 Å². The van der Waals surface area contributed by atoms with Crippen molar-refractivity contribution < 1.29 is 14.7 Å². The monoisotopic (exact) mass is 178 g/mol. The van der Waals surface area contributed by atoms with E-state index in [1.54, 1.807) is 6.08 Å². The molecule has 2 aliphatic rings. The number of rotatable bonds is 1. The van der Waals surface area contributed by atoms with Crippen LogP contribution in [0.3, 0.4) is 0 Å². The lowest BCUT2D eigenvalue weighted by molar-refractivity contribution is -0.132. The molecule has 0 spiro atoms. The molecule has 0 aliphatic carbocycles. The first kappa shape index (κ1) is 7.72. The molecule has 66 valence electrons. The minimum absolute atomic E-state index is 0.0936. The van der Waals surface area contributed by atoms with Crippen LogP contribution in [0.4, 0.5) is 0 Å². The van der Waals surface area contributed by atoms with E-state index < -0.39 is 12.0 Å². The average molecular weight is 178 g/mol. The number of hydrogen-bond acceptors (Lipinski definition) is 3. The Labute approximate surface area is 73.5 Å². The number of aliphatic carboxylic acids is 1. The predicted octanol–water partition coefficient (Wildman–Crippen LogP) is -0.536. The molecule has 5 heteroatoms. The summed E-state index contributed by atoms with van der Waals surface area (Å²) in [6, 6.07) is -0.670. The Morgan fingerprint density at radius 3 is 3.08 bits per heavy atom. The van der Waals surface area contributed by atoms with Gasteiger partial charge in [-0.25, -0.2) is 4.79 Å². The molecule has 2 heterocycles. The van der Waals surface area contributed by atoms with Crippen LogP contribution in [0.25, 0.3) is 0 Å². The summed E-state index contributed by atoms with van der Waals surface area (Å²) in [7, 11) is 0. The minimum atomic E-state index is -1.06. The third-order valence-corrected chi connectivity index (χ3v) is 1.93. The van der Waals surface area contributed by atoms with Gasteiger partial charge < -0.3 is 10.4 Å². The van der Waals surface area contributed by atoms with E-state index in [4.69, 9.17) is 5.11 Å². The summed E-state index contributed by atoms with van der Waals surface area (Å²) in [5.41, 5.74) is 0.548. The normalized spacial score (nSPS) is 24.6. The maximum Gasteiger partial charge on any atom is 0.337 e. The molecule has 1 amide bonds. The van der Waals surface area contributed by atoms with Gasteiger partial charge >= 0.3 is 5.97 Å². The number of carboxylic acid groups (broad SMARTS) is 1. The number of carbonyl (C=O) groups is 2. The second-order valence-electron chi connectivity index (χ2n) is 2.70. The molecule has 13 heavy (non-hydrogen) atoms. The Morgan fingerprint density at radius 2 is 2.38 bits per heavy atom. The zero-order valence-electron chi connectivity index (χ0n) is 6.52. The number of fused-ring (bicyclic) bond motifs is 1. The van der Waals surface area contributed by atoms with Crippen molar-refractivity contribution in [2.45, 2.75) is 6.04 Å². The lowest BCUT2D eigenvalue weighted by Crippen LogP contribution is -2.33. The molecule has 2 rings (SSSR count). The second kappa shape index (κ2) is 2.55. The second-order valence-corrected chi connectivity index (χ2v) is 2.70. The quantitative estimate of drug-likeness (QED) is 0.566. The van der Waals surface area contributed by atoms with Gasteiger partial charge in [-0.3, -0.25) is 9.79 Å². The van der Waals surface area contributed by atoms with E-state index in [0.717, 1.165) is 0 Å². The molecule has 2 aliphatic heterocycles. The van der Waals surface area contributed by atoms with Crippen molar-refractivity contribution in [2.75, 3.05) is 0 Å². The van der Waals surface area contributed by atoms with E-state index in [9.17, 15) is 9.59 Å². The fourth-order valence-corrected chi connectivity index (χ4v) is 1.31. The highest BCUT2D eigenvalue weighted by Crippen LogP contribution is 2.21. The number of carbonyl (C=O) groups excluding carboxylic acids is 1. The summed E-state index contributed by atoms with van der Waals surface area (Å²) < 4.78 is 0. The summed E-state index contributed by atoms with van der Waals surface area (Å²) in [6.07, 6.45) is 4.20. The van der Waals surface area contributed by atoms with E-state index in [0.29, 0.717) is 5.57 Å². The number of aliphatic imine (C=N–C) groups is 1. The Bertz CT molecular complexity index is 379. The van der Waals surface area contributed by atoms with Crippen LogP contribution in [0.15, 0.2) is 28.4 Å². The van der Waals surface area contributed by atoms with Crippen molar-refractivity contribution in [3.8, 4) is 0 Å². The summed E-state index contributed by atoms with van der Waals surface area (Å²) in [6.45, 7) is 0. The molecule has 1 atom stereocenters. The smallest absolute Gasteiger partial charge is 0.337 e. The first-order valence-electron chi connectivity index (χ1n) is 3.67. The van der Waals surface area contributed by atoms with E-state index in [1.165, 1.54) is 12.4 Å². The first-order chi connectivity index (χ1) is 6.20. The minimum Gasteiger partial charge on any atom is -0.478 e. The van der Waals surface area contributed by atoms with Gasteiger partial charge in [0.15, 0.2) is 6.04 Å². The van der Waals surface area contributed by atoms with Gasteiger partial charge in [0.2, 0.25) is 0 Å². The largest absolute Gasteiger partial charge is 0.478 e. The van der Waals surface area contributed by atoms with E-state index in [2.05, 4.69) is 10.3 Å². The number of amides is 1. The molecular formula is C8H6N2O3. The van der Waals surface area contributed by atoms with Crippen molar-refractivity contribution in [3.63, 3.8) is 0 Å². The summed E-state index contributed by atoms with van der Waals surface area (Å²) in [4.78, 5) is 25.6. The standard InChI is InChI=1S/C8H6N2O3/c11-7-6-4(1-2-9-7)5(3-10-6)8(12)13/h1-3,6H,(H,9,11)(H,12,13). The summed E-state index contributed by atoms with van der Waals surface area (Å²) >= 11 is 0. The molecule has 0 radical (unpaired) electrons. The Kier molecular flexibility index (Phi) is 1.51. The Balaban J connectivity index is 2.49. The molecule has 0 saturated carbocycles. The predicted molar refractivity (Wildman–Crippen MR) is 44.2 cm³/mol. The molecule has 0 aromatic rings. The topological polar surface area (TPSA) is 78.8 Å². The van der Waals surface area contributed by atoms with Crippen molar-refractivity contribution in [1.82, 2.24) is 5.32 Å². The van der Waals surface area contributed by atoms with Crippen LogP contribution in [0.5, 0.6) is 0 Å². The van der Waals surface area contributed by atoms with Gasteiger partial charge in [-0.05, 0) is 6.08 Å². The number of nitrogens with zero attached hydrogens (tertiary/aromatic N) is 1. The first-order valence-corrected chi connectivity index (χ1v) is 3.67. The van der Waals surface area contributed by atoms with Gasteiger partial charge in [0.1, 0.15) is 0 Å². The highest BCUT2D eigenvalue weighted by atomic mass is 16.4. The number of nitrogens with one attached hydrogen (secondary N) is 1. The van der Waals surface area contributed by atoms with Gasteiger partial charge in [0, 0.05) is 18.0 Å². The van der Waals surface area contributed by atoms with Crippen LogP contribution in [-0.4, -0.2) is 29.2 Å². The van der Waals surface area contributed by atoms with Gasteiger partial charge in [0.25, 0.3) is 5.91 Å². The zero-order valence-corrected chi connectivity index (χ0v) is 6.52. The van der Waals surface area contributed by atoms with Crippen molar-refractivity contribution in [2.24, 2.45) is 4.99 Å². The van der Waals surface area contributed by atoms with Crippen LogP contribution >= 0.6 is 0 Å². The van der Waals surface area contributed by atoms with Gasteiger partial charge in [-0.1, -0.05) is 0 Å². The molecular weight excluding hydrogens is 172 g/mol. The van der Waals surface area contributed by atoms with Gasteiger partial charge in [0.05, 0.1) is 5.57 Å². The molecule has 2 N–H and O–H groups in total. The molecule has 0 aromatic carbocycles. The fourth-order valence-electron chi connectivity index (χ4n) is 1.31. The highest BCUT2D eigenvalue weighted by molar-refractivity contribution is 6.14. The molecule has 0 fully saturated rings. The average Bonchev–Trinajstić information content (AvgIpc) is 2.48. The molecule has 1 unspecified atom stereocenters. The summed E-state index contributed by atoms with van der Waals surface area (Å²) in [5.74, 6) is -1.34. The van der Waals surface area contributed by atoms with Crippen molar-refractivity contribution in [3.05, 3.63) is 23.4 Å². The zero-order chi connectivity index (χ0) is 9.42. The van der Waals surface area contributed by atoms with Crippen molar-refractivity contribution >= 4 is 18.1 Å². The maximum atomic E-state index is 11.1. The Morgan fingerprint density at radius 1 is 1.62 bits per heavy atom.